The molecule has 1 rings (SSSR count). The molecule has 0 bridgehead atoms. The Labute approximate surface area is 107 Å². The lowest BCUT2D eigenvalue weighted by atomic mass is 10.1. The third-order valence-corrected chi connectivity index (χ3v) is 4.72. The molecule has 3 N–H and O–H groups in total. The molecule has 0 saturated carbocycles. The van der Waals surface area contributed by atoms with Gasteiger partial charge in [-0.25, -0.2) is 8.42 Å². The molecule has 0 aliphatic heterocycles. The smallest absolute Gasteiger partial charge is 0.239 e. The zero-order valence-electron chi connectivity index (χ0n) is 10.7. The number of sulfone groups is 1. The van der Waals surface area contributed by atoms with Crippen LogP contribution in [0.15, 0.2) is 18.2 Å². The fourth-order valence-electron chi connectivity index (χ4n) is 1.39. The lowest BCUT2D eigenvalue weighted by Crippen LogP contribution is -2.28. The summed E-state index contributed by atoms with van der Waals surface area (Å²) in [5.41, 5.74) is 7.42. The van der Waals surface area contributed by atoms with Crippen LogP contribution in [0.5, 0.6) is 0 Å². The fourth-order valence-corrected chi connectivity index (χ4v) is 2.16. The van der Waals surface area contributed by atoms with Gasteiger partial charge in [-0.2, -0.15) is 0 Å². The zero-order chi connectivity index (χ0) is 13.9. The van der Waals surface area contributed by atoms with Crippen LogP contribution in [0.1, 0.15) is 19.4 Å². The summed E-state index contributed by atoms with van der Waals surface area (Å²) in [4.78, 5) is 11.7. The summed E-state index contributed by atoms with van der Waals surface area (Å²) >= 11 is 0. The molecule has 1 amide bonds. The highest BCUT2D eigenvalue weighted by atomic mass is 32.2. The maximum atomic E-state index is 11.7. The minimum Gasteiger partial charge on any atom is -0.397 e. The van der Waals surface area contributed by atoms with Gasteiger partial charge >= 0.3 is 0 Å². The summed E-state index contributed by atoms with van der Waals surface area (Å²) in [5, 5.41) is 1.97. The van der Waals surface area contributed by atoms with Gasteiger partial charge in [-0.3, -0.25) is 4.79 Å². The number of anilines is 2. The average molecular weight is 270 g/mol. The van der Waals surface area contributed by atoms with E-state index in [9.17, 15) is 13.2 Å². The number of benzene rings is 1. The molecule has 18 heavy (non-hydrogen) atoms. The van der Waals surface area contributed by atoms with E-state index in [0.29, 0.717) is 11.4 Å². The van der Waals surface area contributed by atoms with E-state index < -0.39 is 26.7 Å². The number of para-hydroxylation sites is 1. The molecule has 1 aromatic rings. The number of carbonyl (C=O) groups excluding carboxylic acids is 1. The number of amides is 1. The van der Waals surface area contributed by atoms with Crippen molar-refractivity contribution in [1.82, 2.24) is 0 Å². The molecule has 100 valence electrons. The molecule has 0 aliphatic carbocycles. The van der Waals surface area contributed by atoms with Gasteiger partial charge in [0.05, 0.1) is 16.6 Å². The van der Waals surface area contributed by atoms with Crippen LogP contribution in [0.25, 0.3) is 0 Å². The summed E-state index contributed by atoms with van der Waals surface area (Å²) in [6, 6.07) is 5.22. The Morgan fingerprint density at radius 3 is 2.50 bits per heavy atom. The summed E-state index contributed by atoms with van der Waals surface area (Å²) < 4.78 is 23.2. The summed E-state index contributed by atoms with van der Waals surface area (Å²) in [5.74, 6) is -1.09. The van der Waals surface area contributed by atoms with E-state index in [1.165, 1.54) is 0 Å². The van der Waals surface area contributed by atoms with Gasteiger partial charge in [-0.15, -0.1) is 0 Å². The van der Waals surface area contributed by atoms with Gasteiger partial charge in [0, 0.05) is 0 Å². The minimum absolute atomic E-state index is 0.422. The Morgan fingerprint density at radius 2 is 2.00 bits per heavy atom. The molecule has 0 spiro atoms. The molecule has 1 aromatic carbocycles. The first kappa shape index (κ1) is 14.5. The number of hydrogen-bond acceptors (Lipinski definition) is 4. The summed E-state index contributed by atoms with van der Waals surface area (Å²) in [6.07, 6.45) is 0. The molecule has 0 fully saturated rings. The topological polar surface area (TPSA) is 89.3 Å². The van der Waals surface area contributed by atoms with Crippen LogP contribution in [0.3, 0.4) is 0 Å². The Morgan fingerprint density at radius 1 is 1.39 bits per heavy atom. The Bertz CT molecular complexity index is 530. The van der Waals surface area contributed by atoms with Crippen LogP contribution < -0.4 is 11.1 Å². The van der Waals surface area contributed by atoms with Gasteiger partial charge in [-0.1, -0.05) is 12.1 Å². The van der Waals surface area contributed by atoms with Crippen molar-refractivity contribution < 1.29 is 13.2 Å². The van der Waals surface area contributed by atoms with Gasteiger partial charge in [0.15, 0.2) is 9.84 Å². The van der Waals surface area contributed by atoms with Gasteiger partial charge in [0.25, 0.3) is 0 Å². The number of nitrogens with two attached hydrogens (primary N) is 1. The molecule has 0 saturated heterocycles. The quantitative estimate of drug-likeness (QED) is 0.808. The second-order valence-corrected chi connectivity index (χ2v) is 7.00. The number of nitrogens with one attached hydrogen (secondary N) is 1. The minimum atomic E-state index is -3.40. The van der Waals surface area contributed by atoms with Crippen molar-refractivity contribution in [2.45, 2.75) is 26.0 Å². The van der Waals surface area contributed by atoms with Crippen LogP contribution >= 0.6 is 0 Å². The SMILES string of the molecule is Cc1cccc(N)c1NC(=O)CS(=O)(=O)C(C)C. The molecule has 0 aromatic heterocycles. The van der Waals surface area contributed by atoms with E-state index in [-0.39, 0.29) is 0 Å². The van der Waals surface area contributed by atoms with Crippen molar-refractivity contribution >= 4 is 27.1 Å². The van der Waals surface area contributed by atoms with Crippen LogP contribution in [0.2, 0.25) is 0 Å². The maximum Gasteiger partial charge on any atom is 0.239 e. The highest BCUT2D eigenvalue weighted by Crippen LogP contribution is 2.22. The largest absolute Gasteiger partial charge is 0.397 e. The standard InChI is InChI=1S/C12H18N2O3S/c1-8(2)18(16,17)7-11(15)14-12-9(3)5-4-6-10(12)13/h4-6,8H,7,13H2,1-3H3,(H,14,15). The van der Waals surface area contributed by atoms with E-state index in [4.69, 9.17) is 5.73 Å². The molecule has 0 unspecified atom stereocenters. The average Bonchev–Trinajstić information content (AvgIpc) is 2.22. The van der Waals surface area contributed by atoms with Crippen LogP contribution in [-0.4, -0.2) is 25.3 Å². The van der Waals surface area contributed by atoms with Crippen molar-refractivity contribution in [3.63, 3.8) is 0 Å². The van der Waals surface area contributed by atoms with Gasteiger partial charge in [-0.05, 0) is 32.4 Å². The van der Waals surface area contributed by atoms with E-state index in [1.54, 1.807) is 39.0 Å². The van der Waals surface area contributed by atoms with Crippen molar-refractivity contribution in [2.24, 2.45) is 0 Å². The third kappa shape index (κ3) is 3.46. The zero-order valence-corrected chi connectivity index (χ0v) is 11.5. The first-order valence-electron chi connectivity index (χ1n) is 5.60. The second-order valence-electron chi connectivity index (χ2n) is 4.44. The first-order chi connectivity index (χ1) is 8.24. The molecule has 6 heteroatoms. The van der Waals surface area contributed by atoms with Gasteiger partial charge in [0.1, 0.15) is 5.75 Å². The Balaban J connectivity index is 2.84. The number of carbonyl (C=O) groups is 1. The van der Waals surface area contributed by atoms with Gasteiger partial charge in [0.2, 0.25) is 5.91 Å². The molecule has 0 aliphatic rings. The van der Waals surface area contributed by atoms with Crippen LogP contribution in [0.4, 0.5) is 11.4 Å². The highest BCUT2D eigenvalue weighted by Gasteiger charge is 2.21. The van der Waals surface area contributed by atoms with Crippen molar-refractivity contribution in [1.29, 1.82) is 0 Å². The van der Waals surface area contributed by atoms with Crippen molar-refractivity contribution in [3.05, 3.63) is 23.8 Å². The van der Waals surface area contributed by atoms with Gasteiger partial charge < -0.3 is 11.1 Å². The predicted molar refractivity (Wildman–Crippen MR) is 73.1 cm³/mol. The summed E-state index contributed by atoms with van der Waals surface area (Å²) in [7, 11) is -3.40. The molecule has 0 atom stereocenters. The number of rotatable bonds is 4. The van der Waals surface area contributed by atoms with Crippen LogP contribution in [0, 0.1) is 6.92 Å². The van der Waals surface area contributed by atoms with Crippen LogP contribution in [-0.2, 0) is 14.6 Å². The van der Waals surface area contributed by atoms with E-state index in [2.05, 4.69) is 5.32 Å². The lowest BCUT2D eigenvalue weighted by Gasteiger charge is -2.12. The van der Waals surface area contributed by atoms with E-state index in [0.717, 1.165) is 5.56 Å². The Kier molecular flexibility index (Phi) is 4.34. The predicted octanol–water partition coefficient (Wildman–Crippen LogP) is 1.34. The van der Waals surface area contributed by atoms with E-state index in [1.807, 2.05) is 0 Å². The fraction of sp³-hybridized carbons (Fsp3) is 0.417. The maximum absolute atomic E-state index is 11.7. The molecule has 5 nitrogen and oxygen atoms in total. The number of nitrogen functional groups attached to an aromatic ring is 1. The normalized spacial score (nSPS) is 11.6. The first-order valence-corrected chi connectivity index (χ1v) is 7.32. The Hall–Kier alpha value is -1.56. The molecular formula is C12H18N2O3S. The van der Waals surface area contributed by atoms with E-state index >= 15 is 0 Å². The summed E-state index contributed by atoms with van der Waals surface area (Å²) in [6.45, 7) is 4.89. The second kappa shape index (κ2) is 5.39. The number of hydrogen-bond donors (Lipinski definition) is 2. The highest BCUT2D eigenvalue weighted by molar-refractivity contribution is 7.92. The molecule has 0 radical (unpaired) electrons. The third-order valence-electron chi connectivity index (χ3n) is 2.62. The monoisotopic (exact) mass is 270 g/mol. The van der Waals surface area contributed by atoms with Crippen molar-refractivity contribution in [3.8, 4) is 0 Å². The molecular weight excluding hydrogens is 252 g/mol. The van der Waals surface area contributed by atoms with Crippen molar-refractivity contribution in [2.75, 3.05) is 16.8 Å². The molecule has 0 heterocycles. The lowest BCUT2D eigenvalue weighted by molar-refractivity contribution is -0.113. The number of aryl methyl sites for hydroxylation is 1.